The molecule has 1 aromatic carbocycles. The second kappa shape index (κ2) is 5.47. The van der Waals surface area contributed by atoms with Gasteiger partial charge in [-0.3, -0.25) is 4.79 Å². The lowest BCUT2D eigenvalue weighted by Gasteiger charge is -2.12. The van der Waals surface area contributed by atoms with Crippen LogP contribution in [0.3, 0.4) is 0 Å². The molecule has 1 unspecified atom stereocenters. The molecule has 1 amide bonds. The molecule has 0 spiro atoms. The summed E-state index contributed by atoms with van der Waals surface area (Å²) in [6, 6.07) is 6.06. The molecule has 3 nitrogen and oxygen atoms in total. The minimum absolute atomic E-state index is 0.0149. The van der Waals surface area contributed by atoms with E-state index < -0.39 is 0 Å². The number of benzene rings is 1. The maximum Gasteiger partial charge on any atom is 0.251 e. The molecule has 0 aliphatic heterocycles. The SMILES string of the molecule is CCCC(C)NC(=O)c1ccc2[nH]c(C)c(C)c2c1. The monoisotopic (exact) mass is 258 g/mol. The molecule has 3 heteroatoms. The molecule has 102 valence electrons. The highest BCUT2D eigenvalue weighted by Gasteiger charge is 2.11. The largest absolute Gasteiger partial charge is 0.358 e. The van der Waals surface area contributed by atoms with Crippen molar-refractivity contribution >= 4 is 16.8 Å². The molecule has 2 aromatic rings. The van der Waals surface area contributed by atoms with E-state index in [0.29, 0.717) is 0 Å². The summed E-state index contributed by atoms with van der Waals surface area (Å²) in [7, 11) is 0. The predicted octanol–water partition coefficient (Wildman–Crippen LogP) is 3.70. The summed E-state index contributed by atoms with van der Waals surface area (Å²) >= 11 is 0. The van der Waals surface area contributed by atoms with Gasteiger partial charge in [0, 0.05) is 28.2 Å². The van der Waals surface area contributed by atoms with Crippen LogP contribution in [0, 0.1) is 13.8 Å². The third kappa shape index (κ3) is 2.80. The topological polar surface area (TPSA) is 44.9 Å². The van der Waals surface area contributed by atoms with Crippen molar-refractivity contribution in [3.63, 3.8) is 0 Å². The third-order valence-electron chi connectivity index (χ3n) is 3.67. The first-order valence-corrected chi connectivity index (χ1v) is 6.92. The number of rotatable bonds is 4. The van der Waals surface area contributed by atoms with Gasteiger partial charge in [-0.15, -0.1) is 0 Å². The number of hydrogen-bond acceptors (Lipinski definition) is 1. The lowest BCUT2D eigenvalue weighted by atomic mass is 10.1. The van der Waals surface area contributed by atoms with Gasteiger partial charge in [0.25, 0.3) is 5.91 Å². The molecular weight excluding hydrogens is 236 g/mol. The van der Waals surface area contributed by atoms with Crippen LogP contribution in [-0.4, -0.2) is 16.9 Å². The lowest BCUT2D eigenvalue weighted by Crippen LogP contribution is -2.32. The lowest BCUT2D eigenvalue weighted by molar-refractivity contribution is 0.0938. The molecule has 1 atom stereocenters. The van der Waals surface area contributed by atoms with Gasteiger partial charge < -0.3 is 10.3 Å². The molecule has 0 aliphatic carbocycles. The van der Waals surface area contributed by atoms with Gasteiger partial charge in [0.05, 0.1) is 0 Å². The highest BCUT2D eigenvalue weighted by atomic mass is 16.1. The Labute approximate surface area is 114 Å². The van der Waals surface area contributed by atoms with Crippen LogP contribution in [0.1, 0.15) is 48.3 Å². The summed E-state index contributed by atoms with van der Waals surface area (Å²) in [5.74, 6) is 0.0149. The summed E-state index contributed by atoms with van der Waals surface area (Å²) in [4.78, 5) is 15.5. The van der Waals surface area contributed by atoms with Crippen LogP contribution < -0.4 is 5.32 Å². The van der Waals surface area contributed by atoms with E-state index in [-0.39, 0.29) is 11.9 Å². The number of hydrogen-bond donors (Lipinski definition) is 2. The summed E-state index contributed by atoms with van der Waals surface area (Å²) < 4.78 is 0. The summed E-state index contributed by atoms with van der Waals surface area (Å²) in [5.41, 5.74) is 4.20. The van der Waals surface area contributed by atoms with Crippen molar-refractivity contribution in [2.75, 3.05) is 0 Å². The van der Waals surface area contributed by atoms with Gasteiger partial charge in [-0.25, -0.2) is 0 Å². The second-order valence-electron chi connectivity index (χ2n) is 5.30. The number of carbonyl (C=O) groups excluding carboxylic acids is 1. The first kappa shape index (κ1) is 13.7. The maximum absolute atomic E-state index is 12.2. The first-order valence-electron chi connectivity index (χ1n) is 6.92. The van der Waals surface area contributed by atoms with Gasteiger partial charge in [-0.2, -0.15) is 0 Å². The van der Waals surface area contributed by atoms with Crippen molar-refractivity contribution in [2.24, 2.45) is 0 Å². The van der Waals surface area contributed by atoms with Gasteiger partial charge in [0.2, 0.25) is 0 Å². The van der Waals surface area contributed by atoms with Crippen LogP contribution in [0.4, 0.5) is 0 Å². The average molecular weight is 258 g/mol. The molecule has 19 heavy (non-hydrogen) atoms. The van der Waals surface area contributed by atoms with Gasteiger partial charge in [0.15, 0.2) is 0 Å². The van der Waals surface area contributed by atoms with E-state index in [1.807, 2.05) is 25.1 Å². The minimum Gasteiger partial charge on any atom is -0.358 e. The summed E-state index contributed by atoms with van der Waals surface area (Å²) in [5, 5.41) is 4.17. The molecule has 1 aromatic heterocycles. The summed E-state index contributed by atoms with van der Waals surface area (Å²) in [6.07, 6.45) is 2.09. The number of H-pyrrole nitrogens is 1. The molecule has 0 saturated heterocycles. The van der Waals surface area contributed by atoms with E-state index in [2.05, 4.69) is 31.1 Å². The zero-order chi connectivity index (χ0) is 14.0. The average Bonchev–Trinajstić information content (AvgIpc) is 2.65. The molecule has 0 aliphatic rings. The molecule has 0 saturated carbocycles. The minimum atomic E-state index is 0.0149. The molecule has 1 heterocycles. The van der Waals surface area contributed by atoms with Crippen molar-refractivity contribution in [1.29, 1.82) is 0 Å². The van der Waals surface area contributed by atoms with Gasteiger partial charge in [-0.05, 0) is 51.0 Å². The molecule has 2 rings (SSSR count). The number of nitrogens with one attached hydrogen (secondary N) is 2. The molecule has 0 radical (unpaired) electrons. The zero-order valence-corrected chi connectivity index (χ0v) is 12.1. The first-order chi connectivity index (χ1) is 9.02. The van der Waals surface area contributed by atoms with Gasteiger partial charge >= 0.3 is 0 Å². The number of fused-ring (bicyclic) bond motifs is 1. The Morgan fingerprint density at radius 2 is 2.11 bits per heavy atom. The fourth-order valence-corrected chi connectivity index (χ4v) is 2.41. The second-order valence-corrected chi connectivity index (χ2v) is 5.30. The van der Waals surface area contributed by atoms with Crippen LogP contribution in [0.2, 0.25) is 0 Å². The molecule has 0 bridgehead atoms. The van der Waals surface area contributed by atoms with E-state index in [4.69, 9.17) is 0 Å². The van der Waals surface area contributed by atoms with Crippen LogP contribution in [-0.2, 0) is 0 Å². The maximum atomic E-state index is 12.2. The Morgan fingerprint density at radius 1 is 1.37 bits per heavy atom. The van der Waals surface area contributed by atoms with Crippen LogP contribution in [0.5, 0.6) is 0 Å². The van der Waals surface area contributed by atoms with E-state index in [9.17, 15) is 4.79 Å². The normalized spacial score (nSPS) is 12.6. The van der Waals surface area contributed by atoms with Gasteiger partial charge in [0.1, 0.15) is 0 Å². The summed E-state index contributed by atoms with van der Waals surface area (Å²) in [6.45, 7) is 8.31. The fourth-order valence-electron chi connectivity index (χ4n) is 2.41. The van der Waals surface area contributed by atoms with Crippen molar-refractivity contribution in [2.45, 2.75) is 46.6 Å². The standard InChI is InChI=1S/C16H22N2O/c1-5-6-10(2)17-16(19)13-7-8-15-14(9-13)11(3)12(4)18-15/h7-10,18H,5-6H2,1-4H3,(H,17,19). The van der Waals surface area contributed by atoms with Crippen LogP contribution in [0.15, 0.2) is 18.2 Å². The van der Waals surface area contributed by atoms with Crippen molar-refractivity contribution in [3.05, 3.63) is 35.0 Å². The Balaban J connectivity index is 2.25. The number of carbonyl (C=O) groups is 1. The van der Waals surface area contributed by atoms with Crippen LogP contribution >= 0.6 is 0 Å². The smallest absolute Gasteiger partial charge is 0.251 e. The van der Waals surface area contributed by atoms with E-state index >= 15 is 0 Å². The zero-order valence-electron chi connectivity index (χ0n) is 12.1. The Morgan fingerprint density at radius 3 is 2.79 bits per heavy atom. The van der Waals surface area contributed by atoms with E-state index in [0.717, 1.165) is 35.0 Å². The Bertz CT molecular complexity index is 598. The van der Waals surface area contributed by atoms with Crippen molar-refractivity contribution in [3.8, 4) is 0 Å². The Hall–Kier alpha value is -1.77. The van der Waals surface area contributed by atoms with Crippen molar-refractivity contribution < 1.29 is 4.79 Å². The highest BCUT2D eigenvalue weighted by molar-refractivity contribution is 5.99. The number of aryl methyl sites for hydroxylation is 2. The molecule has 0 fully saturated rings. The Kier molecular flexibility index (Phi) is 3.93. The molecule has 2 N–H and O–H groups in total. The van der Waals surface area contributed by atoms with Crippen LogP contribution in [0.25, 0.3) is 10.9 Å². The molecular formula is C16H22N2O. The van der Waals surface area contributed by atoms with E-state index in [1.54, 1.807) is 0 Å². The number of aromatic amines is 1. The van der Waals surface area contributed by atoms with Gasteiger partial charge in [-0.1, -0.05) is 13.3 Å². The number of aromatic nitrogens is 1. The third-order valence-corrected chi connectivity index (χ3v) is 3.67. The fraction of sp³-hybridized carbons (Fsp3) is 0.438. The van der Waals surface area contributed by atoms with Crippen molar-refractivity contribution in [1.82, 2.24) is 10.3 Å². The predicted molar refractivity (Wildman–Crippen MR) is 79.6 cm³/mol. The number of amides is 1. The highest BCUT2D eigenvalue weighted by Crippen LogP contribution is 2.22. The van der Waals surface area contributed by atoms with E-state index in [1.165, 1.54) is 5.56 Å². The quantitative estimate of drug-likeness (QED) is 0.863.